The van der Waals surface area contributed by atoms with Gasteiger partial charge in [0.15, 0.2) is 11.5 Å². The minimum absolute atomic E-state index is 0.239. The van der Waals surface area contributed by atoms with Crippen LogP contribution in [0.4, 0.5) is 10.5 Å². The van der Waals surface area contributed by atoms with Gasteiger partial charge in [0.1, 0.15) is 0 Å². The summed E-state index contributed by atoms with van der Waals surface area (Å²) < 4.78 is 10.9. The molecule has 0 atom stereocenters. The molecule has 2 amide bonds. The summed E-state index contributed by atoms with van der Waals surface area (Å²) in [6.07, 6.45) is 4.18. The van der Waals surface area contributed by atoms with Crippen molar-refractivity contribution in [3.8, 4) is 11.5 Å². The molecule has 6 nitrogen and oxygen atoms in total. The van der Waals surface area contributed by atoms with E-state index in [0.29, 0.717) is 25.3 Å². The Morgan fingerprint density at radius 3 is 2.85 bits per heavy atom. The number of rotatable bonds is 7. The largest absolute Gasteiger partial charge is 0.493 e. The number of urea groups is 1. The van der Waals surface area contributed by atoms with Crippen molar-refractivity contribution in [3.63, 3.8) is 0 Å². The molecule has 140 valence electrons. The van der Waals surface area contributed by atoms with E-state index in [9.17, 15) is 4.79 Å². The molecule has 6 heteroatoms. The number of methoxy groups -OCH3 is 1. The van der Waals surface area contributed by atoms with E-state index in [1.165, 1.54) is 0 Å². The zero-order valence-electron chi connectivity index (χ0n) is 15.5. The van der Waals surface area contributed by atoms with Crippen LogP contribution < -0.4 is 20.1 Å². The second-order valence-electron chi connectivity index (χ2n) is 5.95. The van der Waals surface area contributed by atoms with Crippen molar-refractivity contribution in [2.24, 2.45) is 0 Å². The summed E-state index contributed by atoms with van der Waals surface area (Å²) >= 11 is 0. The molecule has 3 rings (SSSR count). The first-order chi connectivity index (χ1) is 13.2. The fourth-order valence-corrected chi connectivity index (χ4v) is 2.86. The van der Waals surface area contributed by atoms with E-state index in [1.807, 2.05) is 49.4 Å². The maximum absolute atomic E-state index is 12.2. The molecule has 27 heavy (non-hydrogen) atoms. The number of amides is 2. The molecule has 1 heterocycles. The first kappa shape index (κ1) is 18.5. The van der Waals surface area contributed by atoms with Gasteiger partial charge >= 0.3 is 6.03 Å². The number of aromatic nitrogens is 1. The van der Waals surface area contributed by atoms with Gasteiger partial charge in [0.25, 0.3) is 0 Å². The van der Waals surface area contributed by atoms with Gasteiger partial charge in [0, 0.05) is 29.7 Å². The third kappa shape index (κ3) is 4.67. The fourth-order valence-electron chi connectivity index (χ4n) is 2.86. The quantitative estimate of drug-likeness (QED) is 0.664. The molecule has 0 saturated carbocycles. The molecule has 0 spiro atoms. The lowest BCUT2D eigenvalue weighted by molar-refractivity contribution is 0.252. The predicted octanol–water partition coefficient (Wildman–Crippen LogP) is 4.01. The topological polar surface area (TPSA) is 72.5 Å². The van der Waals surface area contributed by atoms with Crippen LogP contribution in [-0.2, 0) is 6.42 Å². The lowest BCUT2D eigenvalue weighted by Crippen LogP contribution is -2.30. The van der Waals surface area contributed by atoms with E-state index in [4.69, 9.17) is 9.47 Å². The number of nitrogens with one attached hydrogen (secondary N) is 2. The van der Waals surface area contributed by atoms with Crippen molar-refractivity contribution < 1.29 is 14.3 Å². The van der Waals surface area contributed by atoms with Gasteiger partial charge < -0.3 is 20.1 Å². The summed E-state index contributed by atoms with van der Waals surface area (Å²) in [4.78, 5) is 16.3. The summed E-state index contributed by atoms with van der Waals surface area (Å²) in [5.41, 5.74) is 1.82. The number of fused-ring (bicyclic) bond motifs is 1. The number of carbonyl (C=O) groups is 1. The fraction of sp³-hybridized carbons (Fsp3) is 0.238. The molecule has 2 N–H and O–H groups in total. The molecule has 2 aromatic carbocycles. The molecule has 0 saturated heterocycles. The van der Waals surface area contributed by atoms with E-state index in [2.05, 4.69) is 15.6 Å². The van der Waals surface area contributed by atoms with Crippen LogP contribution in [-0.4, -0.2) is 31.3 Å². The van der Waals surface area contributed by atoms with Crippen LogP contribution in [0.2, 0.25) is 0 Å². The number of hydrogen-bond acceptors (Lipinski definition) is 4. The number of hydrogen-bond donors (Lipinski definition) is 2. The zero-order chi connectivity index (χ0) is 19.1. The van der Waals surface area contributed by atoms with Crippen molar-refractivity contribution in [1.82, 2.24) is 10.3 Å². The molecule has 0 aliphatic carbocycles. The standard InChI is InChI=1S/C21H23N3O3/c1-3-27-19-8-7-15(13-20(19)26-2)9-12-23-21(25)24-18-6-4-5-16-14-22-11-10-17(16)18/h4-8,10-11,13-14H,3,9,12H2,1-2H3,(H2,23,24,25). The molecule has 0 fully saturated rings. The first-order valence-corrected chi connectivity index (χ1v) is 8.88. The lowest BCUT2D eigenvalue weighted by atomic mass is 10.1. The second kappa shape index (κ2) is 8.89. The van der Waals surface area contributed by atoms with Crippen LogP contribution in [0.3, 0.4) is 0 Å². The highest BCUT2D eigenvalue weighted by molar-refractivity contribution is 6.01. The molecule has 0 aliphatic rings. The number of benzene rings is 2. The minimum atomic E-state index is -0.239. The van der Waals surface area contributed by atoms with E-state index in [1.54, 1.807) is 19.5 Å². The average molecular weight is 365 g/mol. The smallest absolute Gasteiger partial charge is 0.319 e. The second-order valence-corrected chi connectivity index (χ2v) is 5.95. The lowest BCUT2D eigenvalue weighted by Gasteiger charge is -2.12. The normalized spacial score (nSPS) is 10.4. The number of nitrogens with zero attached hydrogens (tertiary/aromatic N) is 1. The van der Waals surface area contributed by atoms with Gasteiger partial charge in [-0.3, -0.25) is 4.98 Å². The van der Waals surface area contributed by atoms with Crippen molar-refractivity contribution >= 4 is 22.5 Å². The Morgan fingerprint density at radius 2 is 2.04 bits per heavy atom. The molecular weight excluding hydrogens is 342 g/mol. The highest BCUT2D eigenvalue weighted by Crippen LogP contribution is 2.28. The molecular formula is C21H23N3O3. The number of ether oxygens (including phenoxy) is 2. The summed E-state index contributed by atoms with van der Waals surface area (Å²) in [6, 6.07) is 13.2. The van der Waals surface area contributed by atoms with Gasteiger partial charge in [-0.2, -0.15) is 0 Å². The number of pyridine rings is 1. The van der Waals surface area contributed by atoms with Crippen molar-refractivity contribution in [2.45, 2.75) is 13.3 Å². The Hall–Kier alpha value is -3.28. The molecule has 0 radical (unpaired) electrons. The minimum Gasteiger partial charge on any atom is -0.493 e. The van der Waals surface area contributed by atoms with Gasteiger partial charge in [-0.15, -0.1) is 0 Å². The van der Waals surface area contributed by atoms with Crippen LogP contribution in [0.1, 0.15) is 12.5 Å². The molecule has 0 aliphatic heterocycles. The van der Waals surface area contributed by atoms with E-state index >= 15 is 0 Å². The molecule has 0 unspecified atom stereocenters. The Labute approximate surface area is 158 Å². The van der Waals surface area contributed by atoms with Crippen LogP contribution in [0.5, 0.6) is 11.5 Å². The molecule has 1 aromatic heterocycles. The number of carbonyl (C=O) groups excluding carboxylic acids is 1. The predicted molar refractivity (Wildman–Crippen MR) is 107 cm³/mol. The van der Waals surface area contributed by atoms with Gasteiger partial charge in [0.2, 0.25) is 0 Å². The van der Waals surface area contributed by atoms with Gasteiger partial charge in [-0.05, 0) is 43.2 Å². The monoisotopic (exact) mass is 365 g/mol. The zero-order valence-corrected chi connectivity index (χ0v) is 15.5. The van der Waals surface area contributed by atoms with Gasteiger partial charge in [-0.1, -0.05) is 18.2 Å². The summed E-state index contributed by atoms with van der Waals surface area (Å²) in [5, 5.41) is 7.72. The van der Waals surface area contributed by atoms with Crippen LogP contribution in [0.15, 0.2) is 54.9 Å². The van der Waals surface area contributed by atoms with Crippen LogP contribution in [0, 0.1) is 0 Å². The van der Waals surface area contributed by atoms with E-state index in [0.717, 1.165) is 27.8 Å². The summed E-state index contributed by atoms with van der Waals surface area (Å²) in [7, 11) is 1.62. The maximum atomic E-state index is 12.2. The van der Waals surface area contributed by atoms with Crippen molar-refractivity contribution in [1.29, 1.82) is 0 Å². The Bertz CT molecular complexity index is 922. The average Bonchev–Trinajstić information content (AvgIpc) is 2.69. The van der Waals surface area contributed by atoms with Crippen molar-refractivity contribution in [3.05, 3.63) is 60.4 Å². The Balaban J connectivity index is 1.56. The third-order valence-corrected chi connectivity index (χ3v) is 4.16. The Kier molecular flexibility index (Phi) is 6.10. The Morgan fingerprint density at radius 1 is 1.15 bits per heavy atom. The summed E-state index contributed by atoms with van der Waals surface area (Å²) in [6.45, 7) is 3.03. The third-order valence-electron chi connectivity index (χ3n) is 4.16. The van der Waals surface area contributed by atoms with Crippen LogP contribution in [0.25, 0.3) is 10.8 Å². The van der Waals surface area contributed by atoms with Gasteiger partial charge in [-0.25, -0.2) is 4.79 Å². The number of anilines is 1. The molecule has 0 bridgehead atoms. The SMILES string of the molecule is CCOc1ccc(CCNC(=O)Nc2cccc3cnccc23)cc1OC. The van der Waals surface area contributed by atoms with Crippen molar-refractivity contribution in [2.75, 3.05) is 25.6 Å². The summed E-state index contributed by atoms with van der Waals surface area (Å²) in [5.74, 6) is 1.42. The van der Waals surface area contributed by atoms with Crippen LogP contribution >= 0.6 is 0 Å². The highest BCUT2D eigenvalue weighted by atomic mass is 16.5. The highest BCUT2D eigenvalue weighted by Gasteiger charge is 2.07. The molecule has 3 aromatic rings. The van der Waals surface area contributed by atoms with E-state index < -0.39 is 0 Å². The van der Waals surface area contributed by atoms with Gasteiger partial charge in [0.05, 0.1) is 19.4 Å². The van der Waals surface area contributed by atoms with E-state index in [-0.39, 0.29) is 6.03 Å². The first-order valence-electron chi connectivity index (χ1n) is 8.88. The maximum Gasteiger partial charge on any atom is 0.319 e.